The molecule has 3 atom stereocenters. The zero-order valence-corrected chi connectivity index (χ0v) is 29.9. The molecule has 0 saturated heterocycles. The summed E-state index contributed by atoms with van der Waals surface area (Å²) in [4.78, 5) is 64.7. The molecule has 1 aliphatic carbocycles. The number of ether oxygens (including phenoxy) is 1. The lowest BCUT2D eigenvalue weighted by molar-refractivity contribution is -0.137. The minimum Gasteiger partial charge on any atom is -0.481 e. The van der Waals surface area contributed by atoms with Crippen LogP contribution < -0.4 is 16.0 Å². The number of ketones is 1. The molecule has 1 aliphatic rings. The van der Waals surface area contributed by atoms with E-state index in [-0.39, 0.29) is 37.6 Å². The van der Waals surface area contributed by atoms with E-state index in [0.717, 1.165) is 22.3 Å². The van der Waals surface area contributed by atoms with Gasteiger partial charge in [-0.1, -0.05) is 87.5 Å². The number of benzene rings is 3. The quantitative estimate of drug-likeness (QED) is 0.154. The molecule has 265 valence electrons. The fourth-order valence-electron chi connectivity index (χ4n) is 6.31. The van der Waals surface area contributed by atoms with E-state index in [1.165, 1.54) is 0 Å². The molecule has 0 fully saturated rings. The van der Waals surface area contributed by atoms with Crippen molar-refractivity contribution in [2.24, 2.45) is 5.41 Å². The Morgan fingerprint density at radius 3 is 1.98 bits per heavy atom. The molecule has 4 N–H and O–H groups in total. The van der Waals surface area contributed by atoms with Gasteiger partial charge >= 0.3 is 12.1 Å². The van der Waals surface area contributed by atoms with E-state index >= 15 is 0 Å². The number of rotatable bonds is 14. The Balaban J connectivity index is 1.63. The smallest absolute Gasteiger partial charge is 0.407 e. The van der Waals surface area contributed by atoms with Crippen molar-refractivity contribution in [2.45, 2.75) is 97.3 Å². The molecule has 0 aromatic heterocycles. The highest BCUT2D eigenvalue weighted by Crippen LogP contribution is 2.44. The van der Waals surface area contributed by atoms with Gasteiger partial charge in [-0.2, -0.15) is 0 Å². The molecule has 4 rings (SSSR count). The molecule has 50 heavy (non-hydrogen) atoms. The van der Waals surface area contributed by atoms with Crippen LogP contribution in [0.15, 0.2) is 66.7 Å². The van der Waals surface area contributed by atoms with Gasteiger partial charge in [0.15, 0.2) is 5.78 Å². The highest BCUT2D eigenvalue weighted by molar-refractivity contribution is 6.02. The first kappa shape index (κ1) is 38.0. The van der Waals surface area contributed by atoms with Crippen molar-refractivity contribution in [3.63, 3.8) is 0 Å². The number of fused-ring (bicyclic) bond motifs is 3. The van der Waals surface area contributed by atoms with Crippen molar-refractivity contribution in [1.82, 2.24) is 16.0 Å². The van der Waals surface area contributed by atoms with E-state index in [2.05, 4.69) is 16.0 Å². The van der Waals surface area contributed by atoms with Gasteiger partial charge in [-0.15, -0.1) is 0 Å². The Hall–Kier alpha value is -4.83. The molecule has 0 spiro atoms. The van der Waals surface area contributed by atoms with Crippen LogP contribution in [0.1, 0.15) is 92.9 Å². The molecule has 0 bridgehead atoms. The third kappa shape index (κ3) is 9.44. The lowest BCUT2D eigenvalue weighted by Gasteiger charge is -2.30. The maximum Gasteiger partial charge on any atom is 0.407 e. The second kappa shape index (κ2) is 15.8. The van der Waals surface area contributed by atoms with Crippen molar-refractivity contribution < 1.29 is 33.8 Å². The van der Waals surface area contributed by atoms with E-state index in [0.29, 0.717) is 16.7 Å². The van der Waals surface area contributed by atoms with Crippen LogP contribution in [-0.4, -0.2) is 65.4 Å². The summed E-state index contributed by atoms with van der Waals surface area (Å²) in [5.74, 6) is -2.19. The number of hydrogen-bond acceptors (Lipinski definition) is 7. The van der Waals surface area contributed by atoms with Crippen LogP contribution in [-0.2, 0) is 25.5 Å². The van der Waals surface area contributed by atoms with Crippen LogP contribution in [0.3, 0.4) is 0 Å². The summed E-state index contributed by atoms with van der Waals surface area (Å²) < 4.78 is 5.77. The standard InChI is InChI=1S/C40H48N3O7/c1-24-13-12-18-29(36(47)32(19-20-35(45)46)43-40(5,6)7)30(24)21-33(37(48)42-34(22-44)39(2,3)4)41-38(49)50-23-31-27-16-10-8-14-25(27)26-15-9-11-17-28(26)31/h8-18,31-34,43H,19-21,23H2,1-7H3,(H,41,49)(H,42,48)(H,45,46)/t32-,33-,34+/m0/s1. The first-order valence-corrected chi connectivity index (χ1v) is 16.9. The molecule has 2 amide bonds. The summed E-state index contributed by atoms with van der Waals surface area (Å²) in [7, 11) is 0. The number of amides is 2. The second-order valence-electron chi connectivity index (χ2n) is 15.0. The van der Waals surface area contributed by atoms with Crippen LogP contribution >= 0.6 is 0 Å². The van der Waals surface area contributed by atoms with Crippen molar-refractivity contribution in [2.75, 3.05) is 6.61 Å². The van der Waals surface area contributed by atoms with Gasteiger partial charge in [0.05, 0.1) is 6.04 Å². The van der Waals surface area contributed by atoms with Crippen molar-refractivity contribution in [3.05, 3.63) is 94.5 Å². The topological polar surface area (TPSA) is 151 Å². The summed E-state index contributed by atoms with van der Waals surface area (Å²) in [6.07, 6.45) is 0.807. The third-order valence-corrected chi connectivity index (χ3v) is 8.88. The van der Waals surface area contributed by atoms with Crippen molar-refractivity contribution in [3.8, 4) is 11.1 Å². The van der Waals surface area contributed by atoms with Crippen LogP contribution in [0.4, 0.5) is 4.79 Å². The molecule has 10 heteroatoms. The molecular formula is C40H48N3O7. The number of carboxylic acids is 1. The molecular weight excluding hydrogens is 634 g/mol. The number of carbonyl (C=O) groups excluding carboxylic acids is 4. The highest BCUT2D eigenvalue weighted by Gasteiger charge is 2.34. The fraction of sp³-hybridized carbons (Fsp3) is 0.425. The molecule has 1 radical (unpaired) electrons. The number of aliphatic carboxylic acids is 1. The van der Waals surface area contributed by atoms with E-state index in [1.807, 2.05) is 75.6 Å². The second-order valence-corrected chi connectivity index (χ2v) is 15.0. The minimum atomic E-state index is -1.23. The molecule has 0 unspecified atom stereocenters. The summed E-state index contributed by atoms with van der Waals surface area (Å²) >= 11 is 0. The van der Waals surface area contributed by atoms with Gasteiger partial charge in [-0.25, -0.2) is 4.79 Å². The van der Waals surface area contributed by atoms with Crippen molar-refractivity contribution in [1.29, 1.82) is 0 Å². The monoisotopic (exact) mass is 682 g/mol. The zero-order chi connectivity index (χ0) is 36.8. The average molecular weight is 683 g/mol. The Kier molecular flexibility index (Phi) is 12.0. The largest absolute Gasteiger partial charge is 0.481 e. The summed E-state index contributed by atoms with van der Waals surface area (Å²) in [5, 5.41) is 18.0. The molecule has 0 saturated carbocycles. The number of hydrogen-bond donors (Lipinski definition) is 4. The Bertz CT molecular complexity index is 1690. The summed E-state index contributed by atoms with van der Waals surface area (Å²) in [6.45, 7) is 12.9. The Morgan fingerprint density at radius 1 is 0.840 bits per heavy atom. The minimum absolute atomic E-state index is 0.0265. The van der Waals surface area contributed by atoms with E-state index in [1.54, 1.807) is 45.9 Å². The molecule has 10 nitrogen and oxygen atoms in total. The first-order chi connectivity index (χ1) is 23.5. The molecule has 0 heterocycles. The van der Waals surface area contributed by atoms with E-state index < -0.39 is 47.0 Å². The normalized spacial score (nSPS) is 14.5. The summed E-state index contributed by atoms with van der Waals surface area (Å²) in [5.41, 5.74) is 4.58. The fourth-order valence-corrected chi connectivity index (χ4v) is 6.31. The van der Waals surface area contributed by atoms with E-state index in [4.69, 9.17) is 4.74 Å². The maximum absolute atomic E-state index is 14.1. The number of aryl methyl sites for hydroxylation is 1. The number of nitrogens with one attached hydrogen (secondary N) is 3. The van der Waals surface area contributed by atoms with Crippen molar-refractivity contribution >= 4 is 30.0 Å². The van der Waals surface area contributed by atoms with Crippen LogP contribution in [0.5, 0.6) is 0 Å². The van der Waals surface area contributed by atoms with Crippen LogP contribution in [0.25, 0.3) is 11.1 Å². The first-order valence-electron chi connectivity index (χ1n) is 16.9. The molecule has 0 aliphatic heterocycles. The predicted octanol–water partition coefficient (Wildman–Crippen LogP) is 5.89. The Morgan fingerprint density at radius 2 is 1.44 bits per heavy atom. The van der Waals surface area contributed by atoms with Crippen LogP contribution in [0, 0.1) is 12.3 Å². The average Bonchev–Trinajstić information content (AvgIpc) is 3.37. The zero-order valence-electron chi connectivity index (χ0n) is 29.9. The van der Waals surface area contributed by atoms with E-state index in [9.17, 15) is 29.1 Å². The van der Waals surface area contributed by atoms with Gasteiger partial charge in [0.25, 0.3) is 0 Å². The highest BCUT2D eigenvalue weighted by atomic mass is 16.5. The Labute approximate surface area is 294 Å². The van der Waals surface area contributed by atoms with Crippen LogP contribution in [0.2, 0.25) is 0 Å². The SMILES string of the molecule is Cc1cccc(C(=O)[C@H](CCC(=O)O)NC(C)(C)C)c1C[C@H](NC(=O)OCC1c2ccccc2-c2ccccc21)C(=O)N[C@H]([C]=O)C(C)(C)C. The van der Waals surface area contributed by atoms with Gasteiger partial charge in [-0.05, 0) is 72.9 Å². The molecule has 3 aromatic rings. The van der Waals surface area contributed by atoms with Gasteiger partial charge in [0.2, 0.25) is 12.2 Å². The third-order valence-electron chi connectivity index (χ3n) is 8.88. The number of carbonyl (C=O) groups is 4. The van der Waals surface area contributed by atoms with Gasteiger partial charge in [0, 0.05) is 29.9 Å². The maximum atomic E-state index is 14.1. The predicted molar refractivity (Wildman–Crippen MR) is 192 cm³/mol. The molecule has 3 aromatic carbocycles. The lowest BCUT2D eigenvalue weighted by atomic mass is 9.86. The van der Waals surface area contributed by atoms with Gasteiger partial charge < -0.3 is 25.8 Å². The summed E-state index contributed by atoms with van der Waals surface area (Å²) in [6, 6.07) is 18.1. The number of Topliss-reactive ketones (excluding diaryl/α,β-unsaturated/α-hetero) is 1. The number of alkyl carbamates (subject to hydrolysis) is 1. The van der Waals surface area contributed by atoms with Gasteiger partial charge in [-0.3, -0.25) is 19.2 Å². The number of carboxylic acid groups (broad SMARTS) is 1. The lowest BCUT2D eigenvalue weighted by Crippen LogP contribution is -2.54. The van der Waals surface area contributed by atoms with Gasteiger partial charge in [0.1, 0.15) is 18.7 Å².